The lowest BCUT2D eigenvalue weighted by Crippen LogP contribution is -2.52. The number of nitrogens with one attached hydrogen (secondary N) is 1. The highest BCUT2D eigenvalue weighted by atomic mass is 16.5. The van der Waals surface area contributed by atoms with Crippen molar-refractivity contribution in [2.24, 2.45) is 5.41 Å². The lowest BCUT2D eigenvalue weighted by molar-refractivity contribution is -0.0283. The summed E-state index contributed by atoms with van der Waals surface area (Å²) in [5.74, 6) is 0. The van der Waals surface area contributed by atoms with Crippen molar-refractivity contribution in [3.63, 3.8) is 0 Å². The zero-order valence-electron chi connectivity index (χ0n) is 13.8. The molecule has 0 aromatic carbocycles. The molecular formula is C17H34N2O. The molecular weight excluding hydrogens is 248 g/mol. The van der Waals surface area contributed by atoms with Crippen LogP contribution in [-0.2, 0) is 4.74 Å². The van der Waals surface area contributed by atoms with Crippen LogP contribution < -0.4 is 5.32 Å². The number of nitrogens with zero attached hydrogens (tertiary/aromatic N) is 1. The zero-order chi connectivity index (χ0) is 14.5. The van der Waals surface area contributed by atoms with E-state index < -0.39 is 0 Å². The molecule has 1 unspecified atom stereocenters. The van der Waals surface area contributed by atoms with E-state index in [0.29, 0.717) is 5.41 Å². The van der Waals surface area contributed by atoms with Gasteiger partial charge >= 0.3 is 0 Å². The summed E-state index contributed by atoms with van der Waals surface area (Å²) < 4.78 is 5.86. The van der Waals surface area contributed by atoms with E-state index in [2.05, 4.69) is 31.0 Å². The molecule has 2 saturated heterocycles. The fourth-order valence-corrected chi connectivity index (χ4v) is 3.45. The largest absolute Gasteiger partial charge is 0.381 e. The van der Waals surface area contributed by atoms with Crippen molar-refractivity contribution in [2.45, 2.75) is 64.8 Å². The van der Waals surface area contributed by atoms with Crippen molar-refractivity contribution in [3.8, 4) is 0 Å². The van der Waals surface area contributed by atoms with Crippen LogP contribution in [0.2, 0.25) is 0 Å². The molecule has 0 aromatic rings. The SMILES string of the molecule is CC(C)(C)NCC1(CN2CCCCCC2)CCCOC1. The molecule has 2 heterocycles. The molecule has 2 aliphatic rings. The summed E-state index contributed by atoms with van der Waals surface area (Å²) in [6.07, 6.45) is 8.12. The van der Waals surface area contributed by atoms with Crippen molar-refractivity contribution in [3.05, 3.63) is 0 Å². The first-order chi connectivity index (χ1) is 9.49. The molecule has 3 nitrogen and oxygen atoms in total. The second-order valence-corrected chi connectivity index (χ2v) is 7.95. The Morgan fingerprint density at radius 2 is 1.75 bits per heavy atom. The monoisotopic (exact) mass is 282 g/mol. The van der Waals surface area contributed by atoms with Gasteiger partial charge in [-0.1, -0.05) is 12.8 Å². The van der Waals surface area contributed by atoms with Crippen molar-refractivity contribution in [1.29, 1.82) is 0 Å². The molecule has 3 heteroatoms. The number of ether oxygens (including phenoxy) is 1. The van der Waals surface area contributed by atoms with Gasteiger partial charge < -0.3 is 15.0 Å². The maximum absolute atomic E-state index is 5.86. The molecule has 2 fully saturated rings. The van der Waals surface area contributed by atoms with Crippen LogP contribution >= 0.6 is 0 Å². The maximum Gasteiger partial charge on any atom is 0.0546 e. The van der Waals surface area contributed by atoms with E-state index in [0.717, 1.165) is 19.8 Å². The predicted octanol–water partition coefficient (Wildman–Crippen LogP) is 3.05. The van der Waals surface area contributed by atoms with Crippen LogP contribution in [0.15, 0.2) is 0 Å². The topological polar surface area (TPSA) is 24.5 Å². The zero-order valence-corrected chi connectivity index (χ0v) is 13.8. The number of likely N-dealkylation sites (tertiary alicyclic amines) is 1. The van der Waals surface area contributed by atoms with E-state index in [-0.39, 0.29) is 5.54 Å². The summed E-state index contributed by atoms with van der Waals surface area (Å²) in [5.41, 5.74) is 0.527. The van der Waals surface area contributed by atoms with Gasteiger partial charge in [-0.25, -0.2) is 0 Å². The molecule has 2 rings (SSSR count). The molecule has 0 amide bonds. The standard InChI is InChI=1S/C17H34N2O/c1-16(2,3)18-13-17(9-8-12-20-15-17)14-19-10-6-4-5-7-11-19/h18H,4-15H2,1-3H3. The van der Waals surface area contributed by atoms with Crippen molar-refractivity contribution >= 4 is 0 Å². The number of rotatable bonds is 4. The fourth-order valence-electron chi connectivity index (χ4n) is 3.45. The van der Waals surface area contributed by atoms with Crippen molar-refractivity contribution in [1.82, 2.24) is 10.2 Å². The first kappa shape index (κ1) is 16.3. The lowest BCUT2D eigenvalue weighted by Gasteiger charge is -2.42. The Hall–Kier alpha value is -0.120. The molecule has 118 valence electrons. The van der Waals surface area contributed by atoms with Crippen molar-refractivity contribution in [2.75, 3.05) is 39.4 Å². The average Bonchev–Trinajstić information content (AvgIpc) is 2.66. The van der Waals surface area contributed by atoms with E-state index in [1.165, 1.54) is 58.2 Å². The van der Waals surface area contributed by atoms with Crippen LogP contribution in [0.4, 0.5) is 0 Å². The van der Waals surface area contributed by atoms with Crippen LogP contribution in [0.25, 0.3) is 0 Å². The van der Waals surface area contributed by atoms with Gasteiger partial charge in [0.05, 0.1) is 6.61 Å². The van der Waals surface area contributed by atoms with Gasteiger partial charge in [0, 0.05) is 30.7 Å². The molecule has 0 radical (unpaired) electrons. The third-order valence-electron chi connectivity index (χ3n) is 4.66. The van der Waals surface area contributed by atoms with Gasteiger partial charge in [0.15, 0.2) is 0 Å². The quantitative estimate of drug-likeness (QED) is 0.858. The van der Waals surface area contributed by atoms with Gasteiger partial charge in [-0.05, 0) is 59.5 Å². The molecule has 1 N–H and O–H groups in total. The summed E-state index contributed by atoms with van der Waals surface area (Å²) in [5, 5.41) is 3.73. The Bertz CT molecular complexity index is 271. The summed E-state index contributed by atoms with van der Waals surface area (Å²) in [4.78, 5) is 2.70. The van der Waals surface area contributed by atoms with E-state index in [1.54, 1.807) is 0 Å². The predicted molar refractivity (Wildman–Crippen MR) is 85.1 cm³/mol. The third-order valence-corrected chi connectivity index (χ3v) is 4.66. The Balaban J connectivity index is 1.94. The highest BCUT2D eigenvalue weighted by molar-refractivity contribution is 4.89. The molecule has 0 bridgehead atoms. The highest BCUT2D eigenvalue weighted by Crippen LogP contribution is 2.30. The Kier molecular flexibility index (Phi) is 5.88. The van der Waals surface area contributed by atoms with E-state index in [1.807, 2.05) is 0 Å². The first-order valence-corrected chi connectivity index (χ1v) is 8.54. The molecule has 2 aliphatic heterocycles. The van der Waals surface area contributed by atoms with Crippen LogP contribution in [0.3, 0.4) is 0 Å². The average molecular weight is 282 g/mol. The van der Waals surface area contributed by atoms with Gasteiger partial charge in [0.25, 0.3) is 0 Å². The summed E-state index contributed by atoms with van der Waals surface area (Å²) >= 11 is 0. The summed E-state index contributed by atoms with van der Waals surface area (Å²) in [6, 6.07) is 0. The highest BCUT2D eigenvalue weighted by Gasteiger charge is 2.35. The third kappa shape index (κ3) is 5.34. The van der Waals surface area contributed by atoms with Gasteiger partial charge in [-0.2, -0.15) is 0 Å². The molecule has 0 aliphatic carbocycles. The second-order valence-electron chi connectivity index (χ2n) is 7.95. The second kappa shape index (κ2) is 7.24. The van der Waals surface area contributed by atoms with Gasteiger partial charge in [-0.15, -0.1) is 0 Å². The Morgan fingerprint density at radius 3 is 2.30 bits per heavy atom. The van der Waals surface area contributed by atoms with E-state index in [4.69, 9.17) is 4.74 Å². The number of hydrogen-bond acceptors (Lipinski definition) is 3. The minimum absolute atomic E-state index is 0.198. The van der Waals surface area contributed by atoms with Crippen LogP contribution in [-0.4, -0.2) is 49.8 Å². The first-order valence-electron chi connectivity index (χ1n) is 8.54. The summed E-state index contributed by atoms with van der Waals surface area (Å²) in [6.45, 7) is 13.6. The Morgan fingerprint density at radius 1 is 1.05 bits per heavy atom. The molecule has 0 spiro atoms. The van der Waals surface area contributed by atoms with Crippen LogP contribution in [0.1, 0.15) is 59.3 Å². The lowest BCUT2D eigenvalue weighted by atomic mass is 9.81. The smallest absolute Gasteiger partial charge is 0.0546 e. The summed E-state index contributed by atoms with van der Waals surface area (Å²) in [7, 11) is 0. The normalized spacial score (nSPS) is 30.1. The minimum atomic E-state index is 0.198. The van der Waals surface area contributed by atoms with Gasteiger partial charge in [0.2, 0.25) is 0 Å². The van der Waals surface area contributed by atoms with Crippen LogP contribution in [0.5, 0.6) is 0 Å². The van der Waals surface area contributed by atoms with E-state index in [9.17, 15) is 0 Å². The van der Waals surface area contributed by atoms with Crippen molar-refractivity contribution < 1.29 is 4.74 Å². The minimum Gasteiger partial charge on any atom is -0.381 e. The van der Waals surface area contributed by atoms with E-state index >= 15 is 0 Å². The number of hydrogen-bond donors (Lipinski definition) is 1. The van der Waals surface area contributed by atoms with Gasteiger partial charge in [0.1, 0.15) is 0 Å². The molecule has 1 atom stereocenters. The molecule has 0 aromatic heterocycles. The van der Waals surface area contributed by atoms with Gasteiger partial charge in [-0.3, -0.25) is 0 Å². The Labute approximate surface area is 125 Å². The molecule has 20 heavy (non-hydrogen) atoms. The van der Waals surface area contributed by atoms with Crippen LogP contribution in [0, 0.1) is 5.41 Å². The maximum atomic E-state index is 5.86. The molecule has 0 saturated carbocycles. The fraction of sp³-hybridized carbons (Fsp3) is 1.00.